The first-order chi connectivity index (χ1) is 11.9. The van der Waals surface area contributed by atoms with E-state index in [0.717, 1.165) is 9.87 Å². The highest BCUT2D eigenvalue weighted by atomic mass is 32.2. The van der Waals surface area contributed by atoms with E-state index in [1.165, 1.54) is 24.3 Å². The van der Waals surface area contributed by atoms with E-state index >= 15 is 0 Å². The predicted molar refractivity (Wildman–Crippen MR) is 92.3 cm³/mol. The summed E-state index contributed by atoms with van der Waals surface area (Å²) in [7, 11) is -3.64. The van der Waals surface area contributed by atoms with E-state index < -0.39 is 21.8 Å². The summed E-state index contributed by atoms with van der Waals surface area (Å²) in [6, 6.07) is 9.56. The topological polar surface area (TPSA) is 96.4 Å². The molecular weight excluding hydrogens is 342 g/mol. The molecule has 0 aliphatic carbocycles. The van der Waals surface area contributed by atoms with Gasteiger partial charge in [-0.1, -0.05) is 13.0 Å². The summed E-state index contributed by atoms with van der Waals surface area (Å²) in [5.74, 6) is -1.50. The monoisotopic (exact) mass is 359 g/mol. The molecule has 3 rings (SSSR count). The summed E-state index contributed by atoms with van der Waals surface area (Å²) in [4.78, 5) is 28.2. The summed E-state index contributed by atoms with van der Waals surface area (Å²) in [5, 5.41) is 2.76. The number of carbonyl (C=O) groups is 2. The van der Waals surface area contributed by atoms with Crippen molar-refractivity contribution in [1.29, 1.82) is 0 Å². The van der Waals surface area contributed by atoms with Gasteiger partial charge in [-0.25, -0.2) is 12.7 Å². The molecule has 7 nitrogen and oxygen atoms in total. The molecule has 0 unspecified atom stereocenters. The molecule has 0 radical (unpaired) electrons. The number of sulfonamides is 1. The number of nitrogens with zero attached hydrogens (tertiary/aromatic N) is 2. The van der Waals surface area contributed by atoms with Gasteiger partial charge in [-0.3, -0.25) is 14.6 Å². The lowest BCUT2D eigenvalue weighted by Gasteiger charge is -2.15. The maximum Gasteiger partial charge on any atom is 0.251 e. The minimum Gasteiger partial charge on any atom is -0.348 e. The van der Waals surface area contributed by atoms with Crippen molar-refractivity contribution in [3.8, 4) is 0 Å². The number of anilines is 1. The molecule has 1 aromatic carbocycles. The molecule has 1 N–H and O–H groups in total. The first kappa shape index (κ1) is 17.1. The third-order valence-electron chi connectivity index (χ3n) is 3.90. The lowest BCUT2D eigenvalue weighted by Crippen LogP contribution is -2.30. The van der Waals surface area contributed by atoms with Crippen LogP contribution in [0.3, 0.4) is 0 Å². The zero-order valence-electron chi connectivity index (χ0n) is 13.5. The van der Waals surface area contributed by atoms with Crippen LogP contribution in [0.2, 0.25) is 0 Å². The number of hydrogen-bond donors (Lipinski definition) is 1. The molecule has 0 saturated carbocycles. The zero-order valence-corrected chi connectivity index (χ0v) is 14.4. The van der Waals surface area contributed by atoms with Gasteiger partial charge in [0.1, 0.15) is 0 Å². The van der Waals surface area contributed by atoms with Crippen LogP contribution in [-0.4, -0.2) is 31.0 Å². The lowest BCUT2D eigenvalue weighted by molar-refractivity contribution is -0.119. The van der Waals surface area contributed by atoms with Crippen LogP contribution in [-0.2, 0) is 21.4 Å². The Morgan fingerprint density at radius 1 is 1.28 bits per heavy atom. The van der Waals surface area contributed by atoms with Crippen LogP contribution >= 0.6 is 0 Å². The molecule has 1 atom stereocenters. The van der Waals surface area contributed by atoms with Crippen LogP contribution in [0.25, 0.3) is 0 Å². The van der Waals surface area contributed by atoms with Gasteiger partial charge in [-0.05, 0) is 35.9 Å². The third kappa shape index (κ3) is 3.53. The third-order valence-corrected chi connectivity index (χ3v) is 5.77. The summed E-state index contributed by atoms with van der Waals surface area (Å²) >= 11 is 0. The van der Waals surface area contributed by atoms with Gasteiger partial charge in [0.15, 0.2) is 0 Å². The van der Waals surface area contributed by atoms with Crippen molar-refractivity contribution < 1.29 is 18.0 Å². The summed E-state index contributed by atoms with van der Waals surface area (Å²) in [5.41, 5.74) is 1.50. The van der Waals surface area contributed by atoms with E-state index in [1.807, 2.05) is 6.07 Å². The Bertz CT molecular complexity index is 895. The van der Waals surface area contributed by atoms with Crippen molar-refractivity contribution in [2.24, 2.45) is 5.92 Å². The fraction of sp³-hybridized carbons (Fsp3) is 0.235. The first-order valence-corrected chi connectivity index (χ1v) is 9.33. The molecule has 0 spiro atoms. The fourth-order valence-corrected chi connectivity index (χ4v) is 4.44. The van der Waals surface area contributed by atoms with Crippen LogP contribution in [0.4, 0.5) is 5.69 Å². The smallest absolute Gasteiger partial charge is 0.251 e. The molecular formula is C17H17N3O4S. The maximum atomic E-state index is 12.2. The van der Waals surface area contributed by atoms with Crippen molar-refractivity contribution in [3.05, 3.63) is 59.9 Å². The highest BCUT2D eigenvalue weighted by Gasteiger charge is 2.41. The Morgan fingerprint density at radius 2 is 2.00 bits per heavy atom. The van der Waals surface area contributed by atoms with Gasteiger partial charge in [0.2, 0.25) is 15.9 Å². The van der Waals surface area contributed by atoms with Gasteiger partial charge in [-0.15, -0.1) is 0 Å². The molecule has 1 saturated heterocycles. The van der Waals surface area contributed by atoms with Crippen molar-refractivity contribution in [1.82, 2.24) is 10.3 Å². The molecule has 1 aliphatic rings. The minimum absolute atomic E-state index is 0.195. The second kappa shape index (κ2) is 6.64. The quantitative estimate of drug-likeness (QED) is 0.888. The number of hydrogen-bond acceptors (Lipinski definition) is 5. The van der Waals surface area contributed by atoms with Crippen molar-refractivity contribution in [2.45, 2.75) is 13.5 Å². The molecule has 2 aromatic rings. The number of benzene rings is 1. The second-order valence-electron chi connectivity index (χ2n) is 5.87. The van der Waals surface area contributed by atoms with Crippen LogP contribution < -0.4 is 9.62 Å². The molecule has 8 heteroatoms. The Labute approximate surface area is 145 Å². The van der Waals surface area contributed by atoms with Gasteiger partial charge in [0.05, 0.1) is 17.4 Å². The van der Waals surface area contributed by atoms with Crippen LogP contribution in [0, 0.1) is 5.92 Å². The van der Waals surface area contributed by atoms with Crippen LogP contribution in [0.1, 0.15) is 22.8 Å². The normalized spacial score (nSPS) is 19.0. The second-order valence-corrected chi connectivity index (χ2v) is 7.74. The molecule has 25 heavy (non-hydrogen) atoms. The molecule has 0 bridgehead atoms. The first-order valence-electron chi connectivity index (χ1n) is 7.72. The van der Waals surface area contributed by atoms with E-state index in [9.17, 15) is 18.0 Å². The average molecular weight is 359 g/mol. The van der Waals surface area contributed by atoms with E-state index in [2.05, 4.69) is 10.3 Å². The Balaban J connectivity index is 1.72. The van der Waals surface area contributed by atoms with Gasteiger partial charge in [-0.2, -0.15) is 0 Å². The molecule has 1 aliphatic heterocycles. The van der Waals surface area contributed by atoms with E-state index in [0.29, 0.717) is 12.1 Å². The highest BCUT2D eigenvalue weighted by Crippen LogP contribution is 2.28. The van der Waals surface area contributed by atoms with Gasteiger partial charge in [0, 0.05) is 24.5 Å². The van der Waals surface area contributed by atoms with Crippen molar-refractivity contribution in [3.63, 3.8) is 0 Å². The van der Waals surface area contributed by atoms with Crippen LogP contribution in [0.5, 0.6) is 0 Å². The number of aromatic nitrogens is 1. The van der Waals surface area contributed by atoms with Gasteiger partial charge in [0.25, 0.3) is 5.91 Å². The fourth-order valence-electron chi connectivity index (χ4n) is 2.62. The van der Waals surface area contributed by atoms with E-state index in [-0.39, 0.29) is 17.3 Å². The Morgan fingerprint density at radius 3 is 2.56 bits per heavy atom. The Kier molecular flexibility index (Phi) is 4.54. The largest absolute Gasteiger partial charge is 0.348 e. The summed E-state index contributed by atoms with van der Waals surface area (Å²) in [6.07, 6.45) is 3.31. The number of carbonyl (C=O) groups excluding carboxylic acids is 2. The van der Waals surface area contributed by atoms with E-state index in [1.54, 1.807) is 25.4 Å². The predicted octanol–water partition coefficient (Wildman–Crippen LogP) is 1.32. The average Bonchev–Trinajstić information content (AvgIpc) is 2.81. The minimum atomic E-state index is -3.64. The molecule has 1 fully saturated rings. The standard InChI is InChI=1S/C17H17N3O4S/c1-12-11-25(23,24)20(17(12)22)15-6-4-14(5-7-15)16(21)19-10-13-3-2-8-18-9-13/h2-9,12H,10-11H2,1H3,(H,19,21)/t12-/m0/s1. The molecule has 130 valence electrons. The molecule has 2 heterocycles. The number of nitrogens with one attached hydrogen (secondary N) is 1. The highest BCUT2D eigenvalue weighted by molar-refractivity contribution is 7.94. The zero-order chi connectivity index (χ0) is 18.0. The lowest BCUT2D eigenvalue weighted by atomic mass is 10.1. The molecule has 1 aromatic heterocycles. The SMILES string of the molecule is C[C@H]1CS(=O)(=O)N(c2ccc(C(=O)NCc3cccnc3)cc2)C1=O. The van der Waals surface area contributed by atoms with Gasteiger partial charge < -0.3 is 5.32 Å². The summed E-state index contributed by atoms with van der Waals surface area (Å²) in [6.45, 7) is 1.92. The van der Waals surface area contributed by atoms with Crippen molar-refractivity contribution >= 4 is 27.5 Å². The van der Waals surface area contributed by atoms with E-state index in [4.69, 9.17) is 0 Å². The van der Waals surface area contributed by atoms with Crippen LogP contribution in [0.15, 0.2) is 48.8 Å². The van der Waals surface area contributed by atoms with Gasteiger partial charge >= 0.3 is 0 Å². The number of amides is 2. The maximum absolute atomic E-state index is 12.2. The summed E-state index contributed by atoms with van der Waals surface area (Å²) < 4.78 is 25.0. The number of pyridine rings is 1. The molecule has 2 amide bonds. The number of rotatable bonds is 4. The van der Waals surface area contributed by atoms with Crippen molar-refractivity contribution in [2.75, 3.05) is 10.1 Å². The Hall–Kier alpha value is -2.74.